The number of aromatic nitrogens is 1. The number of carbonyl (C=O) groups excluding carboxylic acids is 2. The number of methoxy groups -OCH3 is 1. The van der Waals surface area contributed by atoms with Crippen molar-refractivity contribution in [1.82, 2.24) is 20.3 Å². The summed E-state index contributed by atoms with van der Waals surface area (Å²) >= 11 is 0. The maximum atomic E-state index is 13.8. The third-order valence-electron chi connectivity index (χ3n) is 12.7. The van der Waals surface area contributed by atoms with Crippen molar-refractivity contribution >= 4 is 17.5 Å². The van der Waals surface area contributed by atoms with E-state index in [4.69, 9.17) is 21.0 Å². The lowest BCUT2D eigenvalue weighted by Crippen LogP contribution is -2.65. The van der Waals surface area contributed by atoms with Crippen LogP contribution < -0.4 is 26.4 Å². The molecule has 12 heteroatoms. The molecule has 3 unspecified atom stereocenters. The highest BCUT2D eigenvalue weighted by atomic mass is 16.7. The first-order chi connectivity index (χ1) is 26.0. The molecule has 7 atom stereocenters. The van der Waals surface area contributed by atoms with E-state index in [1.54, 1.807) is 13.3 Å². The maximum absolute atomic E-state index is 13.8. The van der Waals surface area contributed by atoms with Crippen LogP contribution in [0, 0.1) is 28.6 Å². The van der Waals surface area contributed by atoms with Crippen LogP contribution in [0.5, 0.6) is 5.75 Å². The lowest BCUT2D eigenvalue weighted by atomic mass is 9.33. The van der Waals surface area contributed by atoms with Crippen molar-refractivity contribution < 1.29 is 24.3 Å². The highest BCUT2D eigenvalue weighted by Gasteiger charge is 2.65. The summed E-state index contributed by atoms with van der Waals surface area (Å²) in [6.07, 6.45) is 4.78. The zero-order valence-electron chi connectivity index (χ0n) is 34.2. The molecule has 1 saturated heterocycles. The number of amides is 2. The molecule has 3 aliphatic rings. The van der Waals surface area contributed by atoms with Gasteiger partial charge >= 0.3 is 0 Å². The Hall–Kier alpha value is -4.07. The number of rotatable bonds is 14. The summed E-state index contributed by atoms with van der Waals surface area (Å²) < 4.78 is 5.92. The second kappa shape index (κ2) is 17.4. The highest BCUT2D eigenvalue weighted by Crippen LogP contribution is 2.73. The van der Waals surface area contributed by atoms with E-state index in [0.29, 0.717) is 29.7 Å². The Kier molecular flexibility index (Phi) is 13.3. The molecule has 1 aliphatic heterocycles. The van der Waals surface area contributed by atoms with Crippen molar-refractivity contribution in [3.63, 3.8) is 0 Å². The number of nitrogens with two attached hydrogens (primary N) is 2. The fourth-order valence-electron chi connectivity index (χ4n) is 9.34. The van der Waals surface area contributed by atoms with E-state index in [2.05, 4.69) is 38.0 Å². The predicted octanol–water partition coefficient (Wildman–Crippen LogP) is 4.34. The number of aliphatic hydroxyl groups excluding tert-OH is 1. The fourth-order valence-corrected chi connectivity index (χ4v) is 9.34. The Bertz CT molecular complexity index is 1760. The molecule has 2 heterocycles. The number of pyridine rings is 1. The lowest BCUT2D eigenvalue weighted by Gasteiger charge is -2.72. The highest BCUT2D eigenvalue weighted by molar-refractivity contribution is 5.97. The lowest BCUT2D eigenvalue weighted by molar-refractivity contribution is -0.232. The first-order valence-corrected chi connectivity index (χ1v) is 19.4. The Morgan fingerprint density at radius 2 is 1.85 bits per heavy atom. The number of hydroxylamine groups is 2. The van der Waals surface area contributed by atoms with Gasteiger partial charge in [-0.25, -0.2) is 0 Å². The van der Waals surface area contributed by atoms with Crippen molar-refractivity contribution in [2.45, 2.75) is 71.7 Å². The molecule has 0 radical (unpaired) electrons. The molecule has 2 aromatic carbocycles. The first kappa shape index (κ1) is 42.1. The van der Waals surface area contributed by atoms with Crippen molar-refractivity contribution in [1.29, 1.82) is 0 Å². The van der Waals surface area contributed by atoms with E-state index >= 15 is 0 Å². The van der Waals surface area contributed by atoms with Crippen LogP contribution in [0.25, 0.3) is 11.1 Å². The largest absolute Gasteiger partial charge is 0.496 e. The minimum absolute atomic E-state index is 0.127. The van der Waals surface area contributed by atoms with Gasteiger partial charge in [-0.15, -0.1) is 0 Å². The Morgan fingerprint density at radius 3 is 2.36 bits per heavy atom. The number of aliphatic hydroxyl groups is 1. The van der Waals surface area contributed by atoms with Crippen LogP contribution in [0.4, 0.5) is 5.69 Å². The topological polar surface area (TPSA) is 160 Å². The summed E-state index contributed by atoms with van der Waals surface area (Å²) in [5.74, 6) is 1.21. The molecule has 6 N–H and O–H groups in total. The summed E-state index contributed by atoms with van der Waals surface area (Å²) in [7, 11) is 9.36. The number of fused-ring (bicyclic) bond motifs is 1. The second-order valence-corrected chi connectivity index (χ2v) is 16.9. The van der Waals surface area contributed by atoms with Gasteiger partial charge in [-0.2, -0.15) is 5.06 Å². The van der Waals surface area contributed by atoms with Crippen LogP contribution in [0.3, 0.4) is 0 Å². The van der Waals surface area contributed by atoms with Crippen molar-refractivity contribution in [2.75, 3.05) is 59.9 Å². The first-order valence-electron chi connectivity index (χ1n) is 19.4. The molecule has 3 aromatic rings. The summed E-state index contributed by atoms with van der Waals surface area (Å²) in [6, 6.07) is 16.1. The van der Waals surface area contributed by atoms with Crippen LogP contribution in [-0.2, 0) is 22.6 Å². The maximum Gasteiger partial charge on any atom is 0.251 e. The molecule has 1 aromatic heterocycles. The quantitative estimate of drug-likeness (QED) is 0.186. The van der Waals surface area contributed by atoms with Crippen LogP contribution in [0.1, 0.15) is 62.2 Å². The molecular formula is C43H63N7O5. The van der Waals surface area contributed by atoms with E-state index in [-0.39, 0.29) is 31.6 Å². The number of carbonyl (C=O) groups is 2. The van der Waals surface area contributed by atoms with E-state index in [1.165, 1.54) is 17.9 Å². The third kappa shape index (κ3) is 8.84. The number of likely N-dealkylation sites (N-methyl/N-ethyl adjacent to an activating group) is 1. The minimum Gasteiger partial charge on any atom is -0.496 e. The third-order valence-corrected chi connectivity index (χ3v) is 12.7. The molecule has 0 bridgehead atoms. The summed E-state index contributed by atoms with van der Waals surface area (Å²) in [4.78, 5) is 40.5. The second-order valence-electron chi connectivity index (χ2n) is 16.9. The number of benzene rings is 2. The van der Waals surface area contributed by atoms with Crippen LogP contribution in [0.2, 0.25) is 0 Å². The van der Waals surface area contributed by atoms with E-state index < -0.39 is 24.0 Å². The zero-order chi connectivity index (χ0) is 40.2. The van der Waals surface area contributed by atoms with Crippen LogP contribution >= 0.6 is 0 Å². The molecule has 0 spiro atoms. The van der Waals surface area contributed by atoms with Crippen molar-refractivity contribution in [2.24, 2.45) is 40.1 Å². The van der Waals surface area contributed by atoms with E-state index in [0.717, 1.165) is 45.3 Å². The summed E-state index contributed by atoms with van der Waals surface area (Å²) in [5.41, 5.74) is 17.5. The molecule has 3 fully saturated rings. The van der Waals surface area contributed by atoms with Gasteiger partial charge in [-0.3, -0.25) is 19.4 Å². The molecule has 2 amide bonds. The van der Waals surface area contributed by atoms with E-state index in [1.807, 2.05) is 92.6 Å². The molecule has 55 heavy (non-hydrogen) atoms. The molecule has 12 nitrogen and oxygen atoms in total. The average Bonchev–Trinajstić information content (AvgIpc) is 3.51. The number of anilines is 1. The van der Waals surface area contributed by atoms with Gasteiger partial charge in [0.2, 0.25) is 5.91 Å². The zero-order valence-corrected chi connectivity index (χ0v) is 34.2. The smallest absolute Gasteiger partial charge is 0.251 e. The van der Waals surface area contributed by atoms with E-state index in [9.17, 15) is 14.7 Å². The molecule has 2 saturated carbocycles. The number of nitrogens with one attached hydrogen (secondary N) is 1. The van der Waals surface area contributed by atoms with Gasteiger partial charge in [0, 0.05) is 79.8 Å². The van der Waals surface area contributed by atoms with Gasteiger partial charge in [-0.1, -0.05) is 52.0 Å². The van der Waals surface area contributed by atoms with Gasteiger partial charge in [-0.05, 0) is 85.5 Å². The predicted molar refractivity (Wildman–Crippen MR) is 217 cm³/mol. The normalized spacial score (nSPS) is 25.8. The van der Waals surface area contributed by atoms with Crippen LogP contribution in [-0.4, -0.2) is 105 Å². The average molecular weight is 758 g/mol. The number of primary amides is 1. The SMILES string of the molecule is COc1c(CN2OC(CN)[C@@H](CO)[C@H]2C(N)=O)cccc1-c1cc(C(=O)NC(Cc2ccccn2)CN(C)C)cc(N(C)C)c1.C[C@@H]1C(C)(C)[C@H]2CCC12C. The number of nitrogens with zero attached hydrogens (tertiary/aromatic N) is 4. The number of hydrogen-bond donors (Lipinski definition) is 4. The Morgan fingerprint density at radius 1 is 1.11 bits per heavy atom. The van der Waals surface area contributed by atoms with Gasteiger partial charge < -0.3 is 36.4 Å². The molecule has 2 aliphatic carbocycles. The molecule has 6 rings (SSSR count). The summed E-state index contributed by atoms with van der Waals surface area (Å²) in [5, 5.41) is 14.6. The number of hydrogen-bond acceptors (Lipinski definition) is 10. The fraction of sp³-hybridized carbons (Fsp3) is 0.558. The van der Waals surface area contributed by atoms with Crippen molar-refractivity contribution in [3.05, 3.63) is 77.6 Å². The summed E-state index contributed by atoms with van der Waals surface area (Å²) in [6.45, 7) is 10.4. The van der Waals surface area contributed by atoms with Gasteiger partial charge in [0.15, 0.2) is 0 Å². The minimum atomic E-state index is -0.856. The molecular weight excluding hydrogens is 695 g/mol. The van der Waals surface area contributed by atoms with Crippen molar-refractivity contribution in [3.8, 4) is 16.9 Å². The molecule has 300 valence electrons. The Balaban J connectivity index is 0.000000496. The Labute approximate surface area is 327 Å². The number of para-hydroxylation sites is 1. The van der Waals surface area contributed by atoms with Crippen LogP contribution in [0.15, 0.2) is 60.8 Å². The standard InChI is InChI=1S/C33H45N7O5.C10H18/c1-38(2)19-25(16-24-10-6-7-12-36-24)37-33(43)23-13-22(14-26(15-23)39(3)4)27-11-8-9-21(31(27)44-5)18-40-30(32(35)42)28(20-41)29(17-34)45-40;1-7-9(2,3)8-5-6-10(7,8)4/h6-15,25,28-30,41H,16-20,34H2,1-5H3,(H2,35,42)(H,37,43);7-8H,5-6H2,1-4H3/t25?,28-,29?,30+;7-,8-,10?/m11/s1. The monoisotopic (exact) mass is 757 g/mol. The van der Waals surface area contributed by atoms with Gasteiger partial charge in [0.05, 0.1) is 26.4 Å². The van der Waals surface area contributed by atoms with Gasteiger partial charge in [0.1, 0.15) is 11.8 Å². The number of ether oxygens (including phenoxy) is 1. The van der Waals surface area contributed by atoms with Gasteiger partial charge in [0.25, 0.3) is 5.91 Å².